The number of nitrogens with zero attached hydrogens (tertiary/aromatic N) is 2. The fourth-order valence-corrected chi connectivity index (χ4v) is 5.79. The quantitative estimate of drug-likeness (QED) is 0.124. The van der Waals surface area contributed by atoms with E-state index in [4.69, 9.17) is 21.1 Å². The Morgan fingerprint density at radius 3 is 2.16 bits per heavy atom. The summed E-state index contributed by atoms with van der Waals surface area (Å²) in [7, 11) is 1.37. The predicted molar refractivity (Wildman–Crippen MR) is 193 cm³/mol. The molecule has 3 aromatic rings. The summed E-state index contributed by atoms with van der Waals surface area (Å²) in [6, 6.07) is 10.00. The SMILES string of the molecule is COc1ccc([C@H](NC(=O)[C@H](Cc2cccc(Cl)c2)NC(=O)c2ccc(N3CCOCC3)cn2)C(=O)N[C@H](C(=O)C(F)(F)C(=O)NCC(F)(F)F)C(C)C)cc1. The van der Waals surface area contributed by atoms with Gasteiger partial charge in [-0.1, -0.05) is 49.7 Å². The molecule has 19 heteroatoms. The van der Waals surface area contributed by atoms with Crippen LogP contribution in [0.4, 0.5) is 27.6 Å². The summed E-state index contributed by atoms with van der Waals surface area (Å²) >= 11 is 6.18. The number of hydrogen-bond acceptors (Lipinski definition) is 9. The zero-order valence-electron chi connectivity index (χ0n) is 30.4. The molecule has 0 saturated carbocycles. The van der Waals surface area contributed by atoms with E-state index in [1.165, 1.54) is 57.5 Å². The van der Waals surface area contributed by atoms with Crippen LogP contribution in [0.25, 0.3) is 0 Å². The number of aromatic nitrogens is 1. The lowest BCUT2D eigenvalue weighted by Crippen LogP contribution is -2.58. The van der Waals surface area contributed by atoms with Gasteiger partial charge < -0.3 is 35.6 Å². The van der Waals surface area contributed by atoms with Crippen LogP contribution in [0.2, 0.25) is 5.02 Å². The van der Waals surface area contributed by atoms with E-state index in [1.54, 1.807) is 30.3 Å². The Kier molecular flexibility index (Phi) is 14.7. The second-order valence-electron chi connectivity index (χ2n) is 13.0. The maximum atomic E-state index is 15.0. The lowest BCUT2D eigenvalue weighted by molar-refractivity contribution is -0.165. The Balaban J connectivity index is 1.62. The van der Waals surface area contributed by atoms with Crippen molar-refractivity contribution < 1.29 is 55.4 Å². The van der Waals surface area contributed by atoms with Crippen molar-refractivity contribution in [2.45, 2.75) is 50.5 Å². The number of benzene rings is 2. The summed E-state index contributed by atoms with van der Waals surface area (Å²) in [5, 5.41) is 8.59. The van der Waals surface area contributed by atoms with E-state index in [0.717, 1.165) is 11.0 Å². The number of rotatable bonds is 16. The van der Waals surface area contributed by atoms with Gasteiger partial charge in [-0.05, 0) is 53.4 Å². The first-order valence-corrected chi connectivity index (χ1v) is 17.6. The first kappa shape index (κ1) is 43.4. The molecule has 56 heavy (non-hydrogen) atoms. The average Bonchev–Trinajstić information content (AvgIpc) is 3.17. The van der Waals surface area contributed by atoms with Gasteiger partial charge in [0, 0.05) is 24.5 Å². The number of nitrogens with one attached hydrogen (secondary N) is 4. The number of carbonyl (C=O) groups is 5. The monoisotopic (exact) mass is 810 g/mol. The minimum atomic E-state index is -5.04. The van der Waals surface area contributed by atoms with Crippen molar-refractivity contribution in [1.82, 2.24) is 26.3 Å². The fraction of sp³-hybridized carbons (Fsp3) is 0.405. The highest BCUT2D eigenvalue weighted by molar-refractivity contribution is 6.30. The summed E-state index contributed by atoms with van der Waals surface area (Å²) in [5.41, 5.74) is 1.31. The van der Waals surface area contributed by atoms with Crippen molar-refractivity contribution in [1.29, 1.82) is 0 Å². The Hall–Kier alpha value is -5.36. The molecule has 0 spiro atoms. The van der Waals surface area contributed by atoms with Gasteiger partial charge in [0.1, 0.15) is 30.1 Å². The molecule has 0 radical (unpaired) electrons. The van der Waals surface area contributed by atoms with Crippen molar-refractivity contribution in [3.63, 3.8) is 0 Å². The van der Waals surface area contributed by atoms with Gasteiger partial charge in [0.05, 0.1) is 38.2 Å². The third-order valence-corrected chi connectivity index (χ3v) is 8.83. The van der Waals surface area contributed by atoms with Crippen LogP contribution < -0.4 is 30.9 Å². The predicted octanol–water partition coefficient (Wildman–Crippen LogP) is 3.80. The molecule has 13 nitrogen and oxygen atoms in total. The largest absolute Gasteiger partial charge is 0.497 e. The van der Waals surface area contributed by atoms with Crippen LogP contribution in [0.1, 0.15) is 41.5 Å². The fourth-order valence-electron chi connectivity index (χ4n) is 5.58. The molecule has 4 amide bonds. The normalized spacial score (nSPS) is 14.9. The molecule has 0 aliphatic carbocycles. The summed E-state index contributed by atoms with van der Waals surface area (Å²) in [6.07, 6.45) is -3.68. The van der Waals surface area contributed by atoms with Crippen LogP contribution >= 0.6 is 11.6 Å². The summed E-state index contributed by atoms with van der Waals surface area (Å²) in [5.74, 6) is -13.3. The third-order valence-electron chi connectivity index (χ3n) is 8.60. The maximum Gasteiger partial charge on any atom is 0.405 e. The number of pyridine rings is 1. The highest BCUT2D eigenvalue weighted by atomic mass is 35.5. The van der Waals surface area contributed by atoms with E-state index in [9.17, 15) is 45.9 Å². The van der Waals surface area contributed by atoms with Gasteiger partial charge in [-0.15, -0.1) is 0 Å². The summed E-state index contributed by atoms with van der Waals surface area (Å²) < 4.78 is 78.3. The Morgan fingerprint density at radius 2 is 1.59 bits per heavy atom. The molecule has 0 bridgehead atoms. The van der Waals surface area contributed by atoms with E-state index in [0.29, 0.717) is 42.6 Å². The third kappa shape index (κ3) is 11.8. The smallest absolute Gasteiger partial charge is 0.405 e. The molecule has 1 aliphatic rings. The maximum absolute atomic E-state index is 15.0. The number of carbonyl (C=O) groups excluding carboxylic acids is 5. The van der Waals surface area contributed by atoms with Gasteiger partial charge in [-0.2, -0.15) is 22.0 Å². The minimum Gasteiger partial charge on any atom is -0.497 e. The molecule has 1 fully saturated rings. The van der Waals surface area contributed by atoms with Crippen LogP contribution in [0.3, 0.4) is 0 Å². The second kappa shape index (κ2) is 19.0. The Morgan fingerprint density at radius 1 is 0.911 bits per heavy atom. The van der Waals surface area contributed by atoms with Crippen LogP contribution in [0.15, 0.2) is 66.9 Å². The number of morpholine rings is 1. The van der Waals surface area contributed by atoms with E-state index in [1.807, 2.05) is 4.90 Å². The number of amides is 4. The number of Topliss-reactive ketones (excluding diaryl/α,β-unsaturated/α-hetero) is 1. The first-order chi connectivity index (χ1) is 26.4. The lowest BCUT2D eigenvalue weighted by atomic mass is 9.94. The number of hydrogen-bond donors (Lipinski definition) is 4. The highest BCUT2D eigenvalue weighted by Gasteiger charge is 2.52. The summed E-state index contributed by atoms with van der Waals surface area (Å²) in [4.78, 5) is 72.8. The van der Waals surface area contributed by atoms with Crippen molar-refractivity contribution in [3.05, 3.63) is 88.7 Å². The molecule has 1 aromatic heterocycles. The van der Waals surface area contributed by atoms with Gasteiger partial charge in [0.2, 0.25) is 17.6 Å². The molecule has 4 rings (SSSR count). The Labute approximate surface area is 323 Å². The molecule has 2 aromatic carbocycles. The molecule has 302 valence electrons. The van der Waals surface area contributed by atoms with E-state index < -0.39 is 72.1 Å². The second-order valence-corrected chi connectivity index (χ2v) is 13.5. The van der Waals surface area contributed by atoms with Gasteiger partial charge in [0.15, 0.2) is 0 Å². The van der Waals surface area contributed by atoms with Crippen molar-refractivity contribution in [2.75, 3.05) is 44.9 Å². The lowest BCUT2D eigenvalue weighted by Gasteiger charge is -2.29. The molecule has 1 saturated heterocycles. The molecular weight excluding hydrogens is 771 g/mol. The van der Waals surface area contributed by atoms with Gasteiger partial charge in [-0.3, -0.25) is 24.0 Å². The Bertz CT molecular complexity index is 1860. The standard InChI is InChI=1S/C37H40ClF5N6O7/c1-21(2)29(31(50)37(42,43)35(54)45-20-36(39,40)41)47-34(53)30(23-7-10-26(55-3)11-8-23)48-33(52)28(18-22-5-4-6-24(38)17-22)46-32(51)27-12-9-25(19-44-27)49-13-15-56-16-14-49/h4-12,17,19,21,28-30H,13-16,18,20H2,1-3H3,(H,45,54)(H,46,51)(H,47,53)(H,48,52)/t28-,29-,30-/m0/s1. The molecular formula is C37H40ClF5N6O7. The van der Waals surface area contributed by atoms with Crippen LogP contribution in [0, 0.1) is 5.92 Å². The number of methoxy groups -OCH3 is 1. The molecule has 1 aliphatic heterocycles. The van der Waals surface area contributed by atoms with E-state index in [2.05, 4.69) is 20.9 Å². The molecule has 2 heterocycles. The minimum absolute atomic E-state index is 0.0335. The van der Waals surface area contributed by atoms with Crippen molar-refractivity contribution >= 4 is 46.7 Å². The number of alkyl halides is 5. The van der Waals surface area contributed by atoms with Crippen molar-refractivity contribution in [2.24, 2.45) is 5.92 Å². The van der Waals surface area contributed by atoms with Gasteiger partial charge in [0.25, 0.3) is 11.8 Å². The van der Waals surface area contributed by atoms with E-state index in [-0.39, 0.29) is 17.7 Å². The molecule has 0 unspecified atom stereocenters. The molecule has 4 N–H and O–H groups in total. The number of ether oxygens (including phenoxy) is 2. The topological polar surface area (TPSA) is 168 Å². The summed E-state index contributed by atoms with van der Waals surface area (Å²) in [6.45, 7) is 2.70. The van der Waals surface area contributed by atoms with Crippen LogP contribution in [0.5, 0.6) is 5.75 Å². The number of halogens is 6. The van der Waals surface area contributed by atoms with Crippen molar-refractivity contribution in [3.8, 4) is 5.75 Å². The average molecular weight is 811 g/mol. The zero-order valence-corrected chi connectivity index (χ0v) is 31.2. The van der Waals surface area contributed by atoms with Gasteiger partial charge in [-0.25, -0.2) is 4.98 Å². The zero-order chi connectivity index (χ0) is 41.2. The van der Waals surface area contributed by atoms with Crippen LogP contribution in [-0.4, -0.2) is 98.5 Å². The number of anilines is 1. The first-order valence-electron chi connectivity index (χ1n) is 17.3. The highest BCUT2D eigenvalue weighted by Crippen LogP contribution is 2.24. The number of ketones is 1. The van der Waals surface area contributed by atoms with Crippen LogP contribution in [-0.2, 0) is 30.3 Å². The van der Waals surface area contributed by atoms with Gasteiger partial charge >= 0.3 is 12.1 Å². The molecule has 3 atom stereocenters. The van der Waals surface area contributed by atoms with E-state index >= 15 is 0 Å².